The number of fused-ring (bicyclic) bond motifs is 1. The Bertz CT molecular complexity index is 891. The van der Waals surface area contributed by atoms with Gasteiger partial charge in [-0.15, -0.1) is 11.3 Å². The lowest BCUT2D eigenvalue weighted by Gasteiger charge is -2.10. The Labute approximate surface area is 143 Å². The topological polar surface area (TPSA) is 65.7 Å². The second kappa shape index (κ2) is 6.81. The van der Waals surface area contributed by atoms with Crippen molar-refractivity contribution in [2.24, 2.45) is 0 Å². The summed E-state index contributed by atoms with van der Waals surface area (Å²) in [5.41, 5.74) is -1.25. The Morgan fingerprint density at radius 2 is 2.16 bits per heavy atom. The van der Waals surface area contributed by atoms with Crippen molar-refractivity contribution < 1.29 is 27.4 Å². The fraction of sp³-hybridized carbons (Fsp3) is 0.267. The first-order chi connectivity index (χ1) is 11.9. The molecule has 0 saturated carbocycles. The van der Waals surface area contributed by atoms with E-state index in [2.05, 4.69) is 10.1 Å². The Hall–Kier alpha value is -2.46. The van der Waals surface area contributed by atoms with Crippen molar-refractivity contribution in [2.45, 2.75) is 6.18 Å². The van der Waals surface area contributed by atoms with Crippen LogP contribution in [0.5, 0.6) is 0 Å². The number of alkyl halides is 3. The molecule has 0 amide bonds. The van der Waals surface area contributed by atoms with Gasteiger partial charge in [-0.1, -0.05) is 6.07 Å². The first-order valence-corrected chi connectivity index (χ1v) is 7.95. The maximum atomic E-state index is 13.4. The van der Waals surface area contributed by atoms with Gasteiger partial charge in [-0.2, -0.15) is 18.3 Å². The van der Waals surface area contributed by atoms with E-state index in [0.29, 0.717) is 9.39 Å². The Morgan fingerprint density at radius 1 is 1.36 bits per heavy atom. The fourth-order valence-corrected chi connectivity index (χ4v) is 2.84. The van der Waals surface area contributed by atoms with Crippen LogP contribution in [0.4, 0.5) is 13.2 Å². The maximum absolute atomic E-state index is 13.4. The van der Waals surface area contributed by atoms with Gasteiger partial charge in [0.25, 0.3) is 0 Å². The third kappa shape index (κ3) is 3.49. The van der Waals surface area contributed by atoms with Crippen LogP contribution < -0.4 is 0 Å². The normalized spacial score (nSPS) is 11.8. The lowest BCUT2D eigenvalue weighted by molar-refractivity contribution is -0.142. The van der Waals surface area contributed by atoms with E-state index in [0.717, 1.165) is 12.3 Å². The molecule has 0 aliphatic rings. The second-order valence-electron chi connectivity index (χ2n) is 4.92. The van der Waals surface area contributed by atoms with Crippen molar-refractivity contribution in [3.8, 4) is 10.6 Å². The summed E-state index contributed by atoms with van der Waals surface area (Å²) in [5.74, 6) is -0.809. The highest BCUT2D eigenvalue weighted by Crippen LogP contribution is 2.33. The zero-order valence-corrected chi connectivity index (χ0v) is 13.7. The van der Waals surface area contributed by atoms with Crippen LogP contribution in [-0.2, 0) is 15.7 Å². The summed E-state index contributed by atoms with van der Waals surface area (Å²) in [6.07, 6.45) is -3.64. The van der Waals surface area contributed by atoms with Gasteiger partial charge in [0.2, 0.25) is 0 Å². The number of carbonyl (C=O) groups is 1. The number of hydrogen-bond donors (Lipinski definition) is 0. The predicted octanol–water partition coefficient (Wildman–Crippen LogP) is 3.28. The number of methoxy groups -OCH3 is 1. The van der Waals surface area contributed by atoms with Crippen LogP contribution in [0.15, 0.2) is 29.8 Å². The molecular formula is C15H12F3N3O3S. The van der Waals surface area contributed by atoms with Crippen molar-refractivity contribution in [3.63, 3.8) is 0 Å². The van der Waals surface area contributed by atoms with E-state index in [-0.39, 0.29) is 30.1 Å². The molecule has 0 aliphatic heterocycles. The second-order valence-corrected chi connectivity index (χ2v) is 5.87. The van der Waals surface area contributed by atoms with Crippen molar-refractivity contribution in [1.82, 2.24) is 14.6 Å². The van der Waals surface area contributed by atoms with Crippen molar-refractivity contribution in [2.75, 3.05) is 20.3 Å². The summed E-state index contributed by atoms with van der Waals surface area (Å²) in [5, 5.41) is 5.39. The molecule has 6 nitrogen and oxygen atoms in total. The van der Waals surface area contributed by atoms with Gasteiger partial charge in [0, 0.05) is 7.11 Å². The lowest BCUT2D eigenvalue weighted by atomic mass is 10.2. The van der Waals surface area contributed by atoms with Gasteiger partial charge >= 0.3 is 12.1 Å². The number of nitrogens with zero attached hydrogens (tertiary/aromatic N) is 3. The minimum Gasteiger partial charge on any atom is -0.460 e. The zero-order valence-electron chi connectivity index (χ0n) is 12.9. The minimum atomic E-state index is -4.66. The molecule has 3 rings (SSSR count). The van der Waals surface area contributed by atoms with E-state index in [9.17, 15) is 18.0 Å². The van der Waals surface area contributed by atoms with Crippen LogP contribution >= 0.6 is 11.3 Å². The quantitative estimate of drug-likeness (QED) is 0.509. The predicted molar refractivity (Wildman–Crippen MR) is 83.5 cm³/mol. The Kier molecular flexibility index (Phi) is 4.73. The lowest BCUT2D eigenvalue weighted by Crippen LogP contribution is -2.15. The molecular weight excluding hydrogens is 359 g/mol. The highest BCUT2D eigenvalue weighted by Gasteiger charge is 2.36. The van der Waals surface area contributed by atoms with Gasteiger partial charge in [-0.25, -0.2) is 14.3 Å². The van der Waals surface area contributed by atoms with E-state index >= 15 is 0 Å². The number of ether oxygens (including phenoxy) is 2. The smallest absolute Gasteiger partial charge is 0.433 e. The molecule has 132 valence electrons. The highest BCUT2D eigenvalue weighted by atomic mass is 32.1. The minimum absolute atomic E-state index is 0.0244. The molecule has 25 heavy (non-hydrogen) atoms. The molecule has 0 spiro atoms. The standard InChI is InChI=1S/C15H12F3N3O3S/c1-23-4-5-24-14(22)9-8-19-21-12(15(16,17)18)7-10(20-13(9)21)11-3-2-6-25-11/h2-3,6-8H,4-5H2,1H3. The maximum Gasteiger partial charge on any atom is 0.433 e. The SMILES string of the molecule is COCCOC(=O)c1cnn2c(C(F)(F)F)cc(-c3cccs3)nc12. The molecule has 0 radical (unpaired) electrons. The van der Waals surface area contributed by atoms with E-state index in [1.165, 1.54) is 18.4 Å². The summed E-state index contributed by atoms with van der Waals surface area (Å²) in [4.78, 5) is 16.8. The van der Waals surface area contributed by atoms with Gasteiger partial charge in [-0.05, 0) is 17.5 Å². The molecule has 3 aromatic heterocycles. The van der Waals surface area contributed by atoms with Crippen LogP contribution in [0.25, 0.3) is 16.2 Å². The summed E-state index contributed by atoms with van der Waals surface area (Å²) < 4.78 is 50.5. The van der Waals surface area contributed by atoms with E-state index in [4.69, 9.17) is 9.47 Å². The van der Waals surface area contributed by atoms with Crippen LogP contribution in [0.2, 0.25) is 0 Å². The van der Waals surface area contributed by atoms with E-state index < -0.39 is 17.8 Å². The van der Waals surface area contributed by atoms with Gasteiger partial charge < -0.3 is 9.47 Å². The fourth-order valence-electron chi connectivity index (χ4n) is 2.15. The van der Waals surface area contributed by atoms with Gasteiger partial charge in [0.1, 0.15) is 12.2 Å². The molecule has 3 heterocycles. The number of esters is 1. The third-order valence-electron chi connectivity index (χ3n) is 3.28. The number of rotatable bonds is 5. The Morgan fingerprint density at radius 3 is 2.80 bits per heavy atom. The number of aromatic nitrogens is 3. The van der Waals surface area contributed by atoms with Crippen LogP contribution in [-0.4, -0.2) is 40.9 Å². The van der Waals surface area contributed by atoms with Gasteiger partial charge in [-0.3, -0.25) is 0 Å². The number of hydrogen-bond acceptors (Lipinski definition) is 6. The highest BCUT2D eigenvalue weighted by molar-refractivity contribution is 7.13. The molecule has 0 aromatic carbocycles. The molecule has 0 atom stereocenters. The van der Waals surface area contributed by atoms with Crippen LogP contribution in [0, 0.1) is 0 Å². The first kappa shape index (κ1) is 17.4. The molecule has 0 saturated heterocycles. The third-order valence-corrected chi connectivity index (χ3v) is 4.17. The largest absolute Gasteiger partial charge is 0.460 e. The summed E-state index contributed by atoms with van der Waals surface area (Å²) in [6.45, 7) is 0.149. The molecule has 0 bridgehead atoms. The van der Waals surface area contributed by atoms with E-state index in [1.807, 2.05) is 0 Å². The van der Waals surface area contributed by atoms with Crippen LogP contribution in [0.1, 0.15) is 16.1 Å². The van der Waals surface area contributed by atoms with Gasteiger partial charge in [0.05, 0.1) is 23.4 Å². The molecule has 10 heteroatoms. The average molecular weight is 371 g/mol. The number of halogens is 3. The Balaban J connectivity index is 2.12. The zero-order chi connectivity index (χ0) is 18.0. The molecule has 0 N–H and O–H groups in total. The number of carbonyl (C=O) groups excluding carboxylic acids is 1. The van der Waals surface area contributed by atoms with Crippen molar-refractivity contribution in [3.05, 3.63) is 41.0 Å². The van der Waals surface area contributed by atoms with E-state index in [1.54, 1.807) is 17.5 Å². The average Bonchev–Trinajstić information content (AvgIpc) is 3.22. The van der Waals surface area contributed by atoms with Crippen molar-refractivity contribution >= 4 is 23.0 Å². The van der Waals surface area contributed by atoms with Crippen LogP contribution in [0.3, 0.4) is 0 Å². The summed E-state index contributed by atoms with van der Waals surface area (Å²) >= 11 is 1.25. The molecule has 0 unspecified atom stereocenters. The van der Waals surface area contributed by atoms with Gasteiger partial charge in [0.15, 0.2) is 11.3 Å². The monoisotopic (exact) mass is 371 g/mol. The molecule has 0 fully saturated rings. The molecule has 3 aromatic rings. The number of thiophene rings is 1. The first-order valence-electron chi connectivity index (χ1n) is 7.07. The molecule has 0 aliphatic carbocycles. The summed E-state index contributed by atoms with van der Waals surface area (Å²) in [7, 11) is 1.44. The van der Waals surface area contributed by atoms with Crippen molar-refractivity contribution in [1.29, 1.82) is 0 Å². The summed E-state index contributed by atoms with van der Waals surface area (Å²) in [6, 6.07) is 4.26.